The van der Waals surface area contributed by atoms with Gasteiger partial charge in [0.1, 0.15) is 19.1 Å². The first-order valence-corrected chi connectivity index (χ1v) is 14.4. The molecular weight excluding hydrogens is 474 g/mol. The maximum absolute atomic E-state index is 12.8. The SMILES string of the molecule is COCO[C@H]1CC[C@@H](CCO[Si](c2ccccc2)(c2ccccc2)C(C)(C)C)N(C(=O)OC)[C@H]1C=O. The fourth-order valence-corrected chi connectivity index (χ4v) is 9.93. The Morgan fingerprint density at radius 3 is 2.06 bits per heavy atom. The minimum absolute atomic E-state index is 0.0612. The Hall–Kier alpha value is -2.52. The van der Waals surface area contributed by atoms with Crippen molar-refractivity contribution in [2.45, 2.75) is 63.3 Å². The summed E-state index contributed by atoms with van der Waals surface area (Å²) in [5.41, 5.74) is 0. The van der Waals surface area contributed by atoms with Gasteiger partial charge in [-0.3, -0.25) is 4.90 Å². The van der Waals surface area contributed by atoms with Gasteiger partial charge in [-0.15, -0.1) is 0 Å². The van der Waals surface area contributed by atoms with E-state index in [1.54, 1.807) is 0 Å². The number of hydrogen-bond acceptors (Lipinski definition) is 6. The summed E-state index contributed by atoms with van der Waals surface area (Å²) in [5, 5.41) is 2.27. The lowest BCUT2D eigenvalue weighted by molar-refractivity contribution is -0.137. The smallest absolute Gasteiger partial charge is 0.410 e. The Morgan fingerprint density at radius 2 is 1.58 bits per heavy atom. The zero-order chi connectivity index (χ0) is 26.2. The number of carbonyl (C=O) groups excluding carboxylic acids is 2. The Kier molecular flexibility index (Phi) is 9.84. The molecule has 1 aliphatic rings. The van der Waals surface area contributed by atoms with Gasteiger partial charge < -0.3 is 23.4 Å². The second-order valence-corrected chi connectivity index (χ2v) is 14.5. The Morgan fingerprint density at radius 1 is 1.00 bits per heavy atom. The number of hydrogen-bond donors (Lipinski definition) is 0. The van der Waals surface area contributed by atoms with E-state index in [1.807, 2.05) is 12.1 Å². The monoisotopic (exact) mass is 513 g/mol. The minimum Gasteiger partial charge on any atom is -0.453 e. The van der Waals surface area contributed by atoms with Crippen LogP contribution in [0.1, 0.15) is 40.0 Å². The zero-order valence-electron chi connectivity index (χ0n) is 22.0. The van der Waals surface area contributed by atoms with Crippen molar-refractivity contribution < 1.29 is 28.2 Å². The number of nitrogens with zero attached hydrogens (tertiary/aromatic N) is 1. The quantitative estimate of drug-likeness (QED) is 0.274. The fourth-order valence-electron chi connectivity index (χ4n) is 5.35. The maximum atomic E-state index is 12.8. The minimum atomic E-state index is -2.69. The fraction of sp³-hybridized carbons (Fsp3) is 0.500. The third-order valence-corrected chi connectivity index (χ3v) is 12.0. The van der Waals surface area contributed by atoms with Crippen LogP contribution < -0.4 is 10.4 Å². The number of rotatable bonds is 10. The lowest BCUT2D eigenvalue weighted by Crippen LogP contribution is -2.67. The van der Waals surface area contributed by atoms with Gasteiger partial charge in [-0.1, -0.05) is 81.4 Å². The first-order chi connectivity index (χ1) is 17.3. The number of amides is 1. The van der Waals surface area contributed by atoms with Gasteiger partial charge in [0, 0.05) is 19.8 Å². The summed E-state index contributed by atoms with van der Waals surface area (Å²) >= 11 is 0. The first-order valence-electron chi connectivity index (χ1n) is 12.5. The maximum Gasteiger partial charge on any atom is 0.410 e. The van der Waals surface area contributed by atoms with E-state index in [4.69, 9.17) is 18.6 Å². The number of aldehydes is 1. The van der Waals surface area contributed by atoms with Gasteiger partial charge in [-0.25, -0.2) is 4.79 Å². The van der Waals surface area contributed by atoms with E-state index in [9.17, 15) is 9.59 Å². The predicted molar refractivity (Wildman–Crippen MR) is 142 cm³/mol. The number of piperidine rings is 1. The molecule has 1 amide bonds. The molecule has 1 aliphatic heterocycles. The summed E-state index contributed by atoms with van der Waals surface area (Å²) in [7, 11) is 0.169. The molecule has 7 nitrogen and oxygen atoms in total. The molecule has 0 radical (unpaired) electrons. The van der Waals surface area contributed by atoms with Crippen molar-refractivity contribution in [1.29, 1.82) is 0 Å². The van der Waals surface area contributed by atoms with Crippen LogP contribution in [-0.2, 0) is 23.4 Å². The molecule has 0 saturated carbocycles. The van der Waals surface area contributed by atoms with Crippen LogP contribution in [0.3, 0.4) is 0 Å². The van der Waals surface area contributed by atoms with Crippen molar-refractivity contribution in [3.8, 4) is 0 Å². The van der Waals surface area contributed by atoms with E-state index in [0.29, 0.717) is 25.9 Å². The summed E-state index contributed by atoms with van der Waals surface area (Å²) in [6.07, 6.45) is 1.71. The molecule has 0 unspecified atom stereocenters. The van der Waals surface area contributed by atoms with Crippen LogP contribution >= 0.6 is 0 Å². The molecule has 8 heteroatoms. The van der Waals surface area contributed by atoms with Crippen molar-refractivity contribution in [2.75, 3.05) is 27.6 Å². The van der Waals surface area contributed by atoms with Crippen LogP contribution in [-0.4, -0.2) is 71.4 Å². The summed E-state index contributed by atoms with van der Waals surface area (Å²) in [6, 6.07) is 20.0. The van der Waals surface area contributed by atoms with E-state index in [1.165, 1.54) is 29.5 Å². The molecule has 2 aromatic carbocycles. The topological polar surface area (TPSA) is 74.3 Å². The zero-order valence-corrected chi connectivity index (χ0v) is 23.0. The molecule has 2 aromatic rings. The van der Waals surface area contributed by atoms with Gasteiger partial charge in [0.15, 0.2) is 0 Å². The van der Waals surface area contributed by atoms with Crippen molar-refractivity contribution in [3.63, 3.8) is 0 Å². The number of likely N-dealkylation sites (tertiary alicyclic amines) is 1. The molecule has 3 rings (SSSR count). The van der Waals surface area contributed by atoms with E-state index in [2.05, 4.69) is 69.3 Å². The van der Waals surface area contributed by atoms with E-state index in [-0.39, 0.29) is 17.9 Å². The molecule has 1 saturated heterocycles. The first kappa shape index (κ1) is 28.1. The van der Waals surface area contributed by atoms with Gasteiger partial charge >= 0.3 is 6.09 Å². The second kappa shape index (κ2) is 12.6. The molecule has 0 aromatic heterocycles. The highest BCUT2D eigenvalue weighted by atomic mass is 28.4. The average molecular weight is 514 g/mol. The summed E-state index contributed by atoms with van der Waals surface area (Å²) in [4.78, 5) is 26.3. The van der Waals surface area contributed by atoms with Crippen LogP contribution in [0.2, 0.25) is 5.04 Å². The molecule has 36 heavy (non-hydrogen) atoms. The number of benzene rings is 2. The molecule has 196 valence electrons. The predicted octanol–water partition coefficient (Wildman–Crippen LogP) is 3.74. The van der Waals surface area contributed by atoms with Gasteiger partial charge in [-0.2, -0.15) is 0 Å². The van der Waals surface area contributed by atoms with E-state index in [0.717, 1.165) is 6.29 Å². The third-order valence-electron chi connectivity index (χ3n) is 6.99. The van der Waals surface area contributed by atoms with Gasteiger partial charge in [0.05, 0.1) is 13.2 Å². The van der Waals surface area contributed by atoms with Crippen LogP contribution in [0.15, 0.2) is 60.7 Å². The van der Waals surface area contributed by atoms with Gasteiger partial charge in [-0.05, 0) is 34.7 Å². The summed E-state index contributed by atoms with van der Waals surface area (Å²) in [6.45, 7) is 7.22. The van der Waals surface area contributed by atoms with E-state index < -0.39 is 26.6 Å². The van der Waals surface area contributed by atoms with Crippen LogP contribution in [0.25, 0.3) is 0 Å². The Labute approximate surface area is 215 Å². The summed E-state index contributed by atoms with van der Waals surface area (Å²) < 4.78 is 22.8. The van der Waals surface area contributed by atoms with Crippen molar-refractivity contribution in [1.82, 2.24) is 4.90 Å². The molecule has 1 fully saturated rings. The molecule has 0 N–H and O–H groups in total. The highest BCUT2D eigenvalue weighted by Crippen LogP contribution is 2.37. The Balaban J connectivity index is 1.88. The van der Waals surface area contributed by atoms with Gasteiger partial charge in [0.2, 0.25) is 0 Å². The second-order valence-electron chi connectivity index (χ2n) is 10.1. The van der Waals surface area contributed by atoms with Crippen LogP contribution in [0, 0.1) is 0 Å². The van der Waals surface area contributed by atoms with Crippen molar-refractivity contribution >= 4 is 31.1 Å². The highest BCUT2D eigenvalue weighted by molar-refractivity contribution is 6.99. The normalized spacial score (nSPS) is 20.7. The lowest BCUT2D eigenvalue weighted by Gasteiger charge is -2.45. The van der Waals surface area contributed by atoms with Gasteiger partial charge in [0.25, 0.3) is 8.32 Å². The third kappa shape index (κ3) is 5.89. The average Bonchev–Trinajstić information content (AvgIpc) is 2.89. The molecule has 0 bridgehead atoms. The molecule has 1 heterocycles. The van der Waals surface area contributed by atoms with Crippen molar-refractivity contribution in [2.24, 2.45) is 0 Å². The van der Waals surface area contributed by atoms with Crippen molar-refractivity contribution in [3.05, 3.63) is 60.7 Å². The van der Waals surface area contributed by atoms with Crippen LogP contribution in [0.5, 0.6) is 0 Å². The van der Waals surface area contributed by atoms with Crippen LogP contribution in [0.4, 0.5) is 4.79 Å². The summed E-state index contributed by atoms with van der Waals surface area (Å²) in [5.74, 6) is 0. The number of ether oxygens (including phenoxy) is 3. The Bertz CT molecular complexity index is 926. The molecular formula is C28H39NO6Si. The standard InChI is InChI=1S/C28H39NO6Si/c1-28(2,3)36(23-12-8-6-9-13-23,24-14-10-7-11-15-24)35-19-18-22-16-17-26(34-21-32-4)25(20-30)29(22)27(31)33-5/h6-15,20,22,25-26H,16-19,21H2,1-5H3/t22-,25-,26-/m0/s1. The largest absolute Gasteiger partial charge is 0.453 e. The number of carbonyl (C=O) groups is 2. The molecule has 3 atom stereocenters. The molecule has 0 aliphatic carbocycles. The van der Waals surface area contributed by atoms with E-state index >= 15 is 0 Å². The highest BCUT2D eigenvalue weighted by Gasteiger charge is 2.50. The number of methoxy groups -OCH3 is 2. The lowest BCUT2D eigenvalue weighted by atomic mass is 9.92. The molecule has 0 spiro atoms.